The van der Waals surface area contributed by atoms with Crippen LogP contribution in [0.2, 0.25) is 0 Å². The van der Waals surface area contributed by atoms with Crippen LogP contribution in [0.3, 0.4) is 0 Å². The van der Waals surface area contributed by atoms with Gasteiger partial charge in [0, 0.05) is 6.42 Å². The van der Waals surface area contributed by atoms with Crippen LogP contribution in [-0.2, 0) is 24.4 Å². The van der Waals surface area contributed by atoms with Gasteiger partial charge in [0.25, 0.3) is 0 Å². The van der Waals surface area contributed by atoms with Crippen LogP contribution in [0.4, 0.5) is 21.0 Å². The molecule has 0 aliphatic carbocycles. The van der Waals surface area contributed by atoms with E-state index in [9.17, 15) is 22.8 Å². The molecule has 2 aromatic rings. The summed E-state index contributed by atoms with van der Waals surface area (Å²) in [7, 11) is -2.11. The van der Waals surface area contributed by atoms with E-state index >= 15 is 0 Å². The van der Waals surface area contributed by atoms with Crippen molar-refractivity contribution in [1.82, 2.24) is 5.32 Å². The average molecular weight is 478 g/mol. The summed E-state index contributed by atoms with van der Waals surface area (Å²) in [5.74, 6) is -0.725. The van der Waals surface area contributed by atoms with E-state index in [4.69, 9.17) is 4.18 Å². The second-order valence-corrected chi connectivity index (χ2v) is 7.68. The number of rotatable bonds is 6. The summed E-state index contributed by atoms with van der Waals surface area (Å²) < 4.78 is 39.5. The minimum atomic E-state index is -4.27. The molecule has 0 saturated carbocycles. The third kappa shape index (κ3) is 7.50. The van der Waals surface area contributed by atoms with E-state index in [1.807, 2.05) is 0 Å². The number of anilines is 2. The number of nitrogens with one attached hydrogen (secondary N) is 3. The van der Waals surface area contributed by atoms with Gasteiger partial charge in [0.2, 0.25) is 11.9 Å². The minimum absolute atomic E-state index is 0.0198. The van der Waals surface area contributed by atoms with Gasteiger partial charge >= 0.3 is 22.3 Å². The largest absolute Gasteiger partial charge is 0.453 e. The Kier molecular flexibility index (Phi) is 8.74. The van der Waals surface area contributed by atoms with Gasteiger partial charge < -0.3 is 24.3 Å². The summed E-state index contributed by atoms with van der Waals surface area (Å²) in [5.41, 5.74) is 0.123. The van der Waals surface area contributed by atoms with Crippen LogP contribution in [-0.4, -0.2) is 46.7 Å². The zero-order valence-corrected chi connectivity index (χ0v) is 18.8. The Labute approximate surface area is 190 Å². The Morgan fingerprint density at radius 2 is 1.64 bits per heavy atom. The molecular formula is C20H22N4O8S. The molecule has 0 unspecified atom stereocenters. The zero-order valence-electron chi connectivity index (χ0n) is 17.9. The van der Waals surface area contributed by atoms with Crippen molar-refractivity contribution in [1.29, 1.82) is 0 Å². The molecule has 0 aliphatic rings. The topological polar surface area (TPSA) is 161 Å². The highest BCUT2D eigenvalue weighted by atomic mass is 32.2. The van der Waals surface area contributed by atoms with Gasteiger partial charge in [-0.05, 0) is 30.3 Å². The highest BCUT2D eigenvalue weighted by Gasteiger charge is 2.20. The summed E-state index contributed by atoms with van der Waals surface area (Å²) in [6.07, 6.45) is -1.90. The lowest BCUT2D eigenvalue weighted by atomic mass is 10.2. The first-order valence-corrected chi connectivity index (χ1v) is 10.8. The molecule has 33 heavy (non-hydrogen) atoms. The number of carbonyl (C=O) groups excluding carboxylic acids is 3. The van der Waals surface area contributed by atoms with Crippen molar-refractivity contribution >= 4 is 45.5 Å². The number of carbonyl (C=O) groups is 3. The fraction of sp³-hybridized carbons (Fsp3) is 0.200. The van der Waals surface area contributed by atoms with Crippen molar-refractivity contribution in [2.24, 2.45) is 4.99 Å². The molecule has 3 N–H and O–H groups in total. The van der Waals surface area contributed by atoms with Crippen LogP contribution >= 0.6 is 0 Å². The molecule has 0 radical (unpaired) electrons. The van der Waals surface area contributed by atoms with Gasteiger partial charge in [0.15, 0.2) is 0 Å². The molecule has 0 spiro atoms. The second kappa shape index (κ2) is 11.5. The summed E-state index contributed by atoms with van der Waals surface area (Å²) in [4.78, 5) is 38.4. The van der Waals surface area contributed by atoms with Gasteiger partial charge in [0.05, 0.1) is 25.6 Å². The average Bonchev–Trinajstić information content (AvgIpc) is 2.79. The lowest BCUT2D eigenvalue weighted by molar-refractivity contribution is -0.115. The van der Waals surface area contributed by atoms with Crippen LogP contribution in [0.1, 0.15) is 13.3 Å². The lowest BCUT2D eigenvalue weighted by Crippen LogP contribution is -2.37. The maximum Gasteiger partial charge on any atom is 0.436 e. The molecule has 12 nitrogen and oxygen atoms in total. The molecule has 0 aliphatic heterocycles. The van der Waals surface area contributed by atoms with E-state index in [1.165, 1.54) is 24.3 Å². The van der Waals surface area contributed by atoms with E-state index in [2.05, 4.69) is 30.4 Å². The fourth-order valence-corrected chi connectivity index (χ4v) is 3.24. The number of guanidine groups is 1. The Bertz CT molecular complexity index is 1150. The van der Waals surface area contributed by atoms with Gasteiger partial charge in [-0.25, -0.2) is 9.59 Å². The van der Waals surface area contributed by atoms with Crippen molar-refractivity contribution in [3.05, 3.63) is 48.5 Å². The zero-order chi connectivity index (χ0) is 24.4. The number of alkyl carbamates (subject to hydrolysis) is 1. The molecule has 13 heteroatoms. The number of amides is 3. The molecule has 176 valence electrons. The van der Waals surface area contributed by atoms with Gasteiger partial charge in [-0.3, -0.25) is 10.1 Å². The number of methoxy groups -OCH3 is 2. The minimum Gasteiger partial charge on any atom is -0.453 e. The van der Waals surface area contributed by atoms with Crippen LogP contribution < -0.4 is 20.1 Å². The van der Waals surface area contributed by atoms with E-state index < -0.39 is 28.3 Å². The van der Waals surface area contributed by atoms with Crippen LogP contribution in [0.5, 0.6) is 5.75 Å². The first-order chi connectivity index (χ1) is 15.7. The van der Waals surface area contributed by atoms with E-state index in [0.717, 1.165) is 20.3 Å². The van der Waals surface area contributed by atoms with Crippen molar-refractivity contribution < 1.29 is 36.5 Å². The summed E-state index contributed by atoms with van der Waals surface area (Å²) in [6.45, 7) is 1.62. The highest BCUT2D eigenvalue weighted by Crippen LogP contribution is 2.28. The maximum absolute atomic E-state index is 12.7. The van der Waals surface area contributed by atoms with E-state index in [1.54, 1.807) is 25.1 Å². The van der Waals surface area contributed by atoms with Gasteiger partial charge in [-0.1, -0.05) is 25.1 Å². The monoisotopic (exact) mass is 478 g/mol. The molecule has 0 fully saturated rings. The number of benzene rings is 2. The molecule has 0 saturated heterocycles. The van der Waals surface area contributed by atoms with Crippen molar-refractivity contribution in [2.45, 2.75) is 18.2 Å². The number of hydrogen-bond donors (Lipinski definition) is 3. The Morgan fingerprint density at radius 3 is 2.24 bits per heavy atom. The number of nitrogens with zero attached hydrogens (tertiary/aromatic N) is 1. The maximum atomic E-state index is 12.7. The molecule has 2 rings (SSSR count). The molecule has 0 bridgehead atoms. The van der Waals surface area contributed by atoms with Crippen LogP contribution in [0.25, 0.3) is 0 Å². The van der Waals surface area contributed by atoms with Gasteiger partial charge in [-0.2, -0.15) is 8.42 Å². The van der Waals surface area contributed by atoms with E-state index in [-0.39, 0.29) is 34.3 Å². The molecule has 0 aromatic heterocycles. The quantitative estimate of drug-likeness (QED) is 0.322. The Morgan fingerprint density at radius 1 is 0.939 bits per heavy atom. The van der Waals surface area contributed by atoms with Crippen molar-refractivity contribution in [3.8, 4) is 5.75 Å². The normalized spacial score (nSPS) is 11.2. The van der Waals surface area contributed by atoms with Crippen LogP contribution in [0.15, 0.2) is 58.4 Å². The predicted octanol–water partition coefficient (Wildman–Crippen LogP) is 2.69. The van der Waals surface area contributed by atoms with Crippen LogP contribution in [0, 0.1) is 0 Å². The lowest BCUT2D eigenvalue weighted by Gasteiger charge is -2.16. The summed E-state index contributed by atoms with van der Waals surface area (Å²) in [6, 6.07) is 11.5. The molecule has 3 amide bonds. The molecule has 0 atom stereocenters. The molecule has 2 aromatic carbocycles. The first kappa shape index (κ1) is 25.1. The molecule has 0 heterocycles. The second-order valence-electron chi connectivity index (χ2n) is 6.13. The molecular weight excluding hydrogens is 456 g/mol. The third-order valence-corrected chi connectivity index (χ3v) is 5.10. The predicted molar refractivity (Wildman–Crippen MR) is 119 cm³/mol. The highest BCUT2D eigenvalue weighted by molar-refractivity contribution is 7.87. The first-order valence-electron chi connectivity index (χ1n) is 9.40. The smallest absolute Gasteiger partial charge is 0.436 e. The number of hydrogen-bond acceptors (Lipinski definition) is 8. The Balaban J connectivity index is 2.49. The SMILES string of the molecule is CCC(=O)Nc1ccc(S(=O)(=O)Oc2ccccc2)cc1NC(=NC(=O)OC)NC(=O)OC. The summed E-state index contributed by atoms with van der Waals surface area (Å²) >= 11 is 0. The fourth-order valence-electron chi connectivity index (χ4n) is 2.28. The van der Waals surface area contributed by atoms with Gasteiger partial charge in [-0.15, -0.1) is 4.99 Å². The van der Waals surface area contributed by atoms with Crippen molar-refractivity contribution in [2.75, 3.05) is 24.9 Å². The number of para-hydroxylation sites is 1. The third-order valence-electron chi connectivity index (χ3n) is 3.86. The van der Waals surface area contributed by atoms with Gasteiger partial charge in [0.1, 0.15) is 10.6 Å². The Hall–Kier alpha value is -4.13. The number of aliphatic imine (C=N–C) groups is 1. The number of ether oxygens (including phenoxy) is 2. The van der Waals surface area contributed by atoms with E-state index in [0.29, 0.717) is 0 Å². The summed E-state index contributed by atoms with van der Waals surface area (Å²) in [5, 5.41) is 7.32. The van der Waals surface area contributed by atoms with Crippen molar-refractivity contribution in [3.63, 3.8) is 0 Å². The standard InChI is InChI=1S/C20H22N4O8S/c1-4-17(25)21-15-11-10-14(33(28,29)32-13-8-6-5-7-9-13)12-16(15)22-18(23-19(26)30-2)24-20(27)31-3/h5-12H,4H2,1-3H3,(H,21,25)(H2,22,23,24,26,27).